The molecular formula is C17H28N2. The van der Waals surface area contributed by atoms with Crippen molar-refractivity contribution in [2.75, 3.05) is 32.7 Å². The van der Waals surface area contributed by atoms with Crippen LogP contribution in [0.4, 0.5) is 0 Å². The van der Waals surface area contributed by atoms with Gasteiger partial charge in [0.05, 0.1) is 0 Å². The van der Waals surface area contributed by atoms with E-state index in [9.17, 15) is 0 Å². The summed E-state index contributed by atoms with van der Waals surface area (Å²) in [6, 6.07) is 0. The topological polar surface area (TPSA) is 15.3 Å². The molecule has 4 aliphatic carbocycles. The van der Waals surface area contributed by atoms with Gasteiger partial charge in [0.2, 0.25) is 0 Å². The minimum absolute atomic E-state index is 0.628. The van der Waals surface area contributed by atoms with Crippen molar-refractivity contribution in [3.63, 3.8) is 0 Å². The molecule has 0 aromatic heterocycles. The first-order valence-corrected chi connectivity index (χ1v) is 8.42. The molecule has 4 bridgehead atoms. The highest BCUT2D eigenvalue weighted by atomic mass is 15.2. The Hall–Kier alpha value is -0.340. The van der Waals surface area contributed by atoms with Gasteiger partial charge in [0.1, 0.15) is 0 Å². The minimum Gasteiger partial charge on any atom is -0.314 e. The summed E-state index contributed by atoms with van der Waals surface area (Å²) in [7, 11) is 0. The Kier molecular flexibility index (Phi) is 3.19. The zero-order valence-corrected chi connectivity index (χ0v) is 12.1. The van der Waals surface area contributed by atoms with Gasteiger partial charge in [-0.3, -0.25) is 4.90 Å². The van der Waals surface area contributed by atoms with Crippen molar-refractivity contribution in [2.24, 2.45) is 23.2 Å². The predicted molar refractivity (Wildman–Crippen MR) is 79.1 cm³/mol. The fourth-order valence-electron chi connectivity index (χ4n) is 5.73. The molecule has 2 nitrogen and oxygen atoms in total. The van der Waals surface area contributed by atoms with Crippen molar-refractivity contribution < 1.29 is 0 Å². The monoisotopic (exact) mass is 260 g/mol. The molecule has 1 aliphatic heterocycles. The second-order valence-electron chi connectivity index (χ2n) is 7.73. The lowest BCUT2D eigenvalue weighted by atomic mass is 9.49. The van der Waals surface area contributed by atoms with Crippen molar-refractivity contribution in [1.82, 2.24) is 10.2 Å². The molecule has 5 fully saturated rings. The molecule has 1 heterocycles. The Morgan fingerprint density at radius 3 is 2.11 bits per heavy atom. The Morgan fingerprint density at radius 1 is 0.947 bits per heavy atom. The first-order valence-electron chi connectivity index (χ1n) is 8.42. The highest BCUT2D eigenvalue weighted by Crippen LogP contribution is 2.60. The number of piperazine rings is 1. The van der Waals surface area contributed by atoms with E-state index >= 15 is 0 Å². The van der Waals surface area contributed by atoms with Crippen molar-refractivity contribution >= 4 is 0 Å². The fraction of sp³-hybridized carbons (Fsp3) is 0.882. The molecule has 106 valence electrons. The molecule has 0 unspecified atom stereocenters. The molecule has 0 atom stereocenters. The van der Waals surface area contributed by atoms with Crippen LogP contribution in [0, 0.1) is 23.2 Å². The van der Waals surface area contributed by atoms with Crippen LogP contribution in [0.15, 0.2) is 12.2 Å². The molecule has 0 amide bonds. The van der Waals surface area contributed by atoms with E-state index in [1.165, 1.54) is 52.0 Å². The molecule has 5 rings (SSSR count). The van der Waals surface area contributed by atoms with E-state index in [4.69, 9.17) is 0 Å². The molecule has 0 spiro atoms. The normalized spacial score (nSPS) is 46.2. The number of allylic oxidation sites excluding steroid dienone is 1. The first kappa shape index (κ1) is 12.4. The van der Waals surface area contributed by atoms with Gasteiger partial charge < -0.3 is 5.32 Å². The fourth-order valence-corrected chi connectivity index (χ4v) is 5.73. The summed E-state index contributed by atoms with van der Waals surface area (Å²) in [5.74, 6) is 3.24. The SMILES string of the molecule is C(=C\C12CC3CC(CC(C3)C1)C2)/CN1CCNCC1. The minimum atomic E-state index is 0.628. The second-order valence-corrected chi connectivity index (χ2v) is 7.73. The maximum absolute atomic E-state index is 3.43. The van der Waals surface area contributed by atoms with Crippen LogP contribution >= 0.6 is 0 Å². The Morgan fingerprint density at radius 2 is 1.53 bits per heavy atom. The number of hydrogen-bond acceptors (Lipinski definition) is 2. The van der Waals surface area contributed by atoms with E-state index in [1.807, 2.05) is 0 Å². The summed E-state index contributed by atoms with van der Waals surface area (Å²) >= 11 is 0. The largest absolute Gasteiger partial charge is 0.314 e. The summed E-state index contributed by atoms with van der Waals surface area (Å²) in [5, 5.41) is 3.43. The molecule has 0 radical (unpaired) electrons. The third-order valence-corrected chi connectivity index (χ3v) is 6.13. The smallest absolute Gasteiger partial charge is 0.0164 e. The average molecular weight is 260 g/mol. The molecule has 19 heavy (non-hydrogen) atoms. The van der Waals surface area contributed by atoms with Crippen LogP contribution in [0.2, 0.25) is 0 Å². The Labute approximate surface area is 117 Å². The number of rotatable bonds is 3. The average Bonchev–Trinajstić information content (AvgIpc) is 2.38. The third-order valence-electron chi connectivity index (χ3n) is 6.13. The van der Waals surface area contributed by atoms with E-state index in [1.54, 1.807) is 19.3 Å². The predicted octanol–water partition coefficient (Wildman–Crippen LogP) is 2.66. The molecular weight excluding hydrogens is 232 g/mol. The summed E-state index contributed by atoms with van der Waals surface area (Å²) in [4.78, 5) is 2.59. The zero-order chi connectivity index (χ0) is 12.7. The van der Waals surface area contributed by atoms with Crippen molar-refractivity contribution in [3.05, 3.63) is 12.2 Å². The zero-order valence-electron chi connectivity index (χ0n) is 12.1. The van der Waals surface area contributed by atoms with Crippen LogP contribution in [0.25, 0.3) is 0 Å². The molecule has 0 aromatic carbocycles. The van der Waals surface area contributed by atoms with Crippen LogP contribution in [0.5, 0.6) is 0 Å². The van der Waals surface area contributed by atoms with Gasteiger partial charge in [0.15, 0.2) is 0 Å². The van der Waals surface area contributed by atoms with Gasteiger partial charge in [-0.05, 0) is 61.7 Å². The van der Waals surface area contributed by atoms with E-state index in [-0.39, 0.29) is 0 Å². The third kappa shape index (κ3) is 2.50. The van der Waals surface area contributed by atoms with Gasteiger partial charge in [-0.1, -0.05) is 12.2 Å². The second kappa shape index (κ2) is 4.89. The van der Waals surface area contributed by atoms with E-state index in [0.717, 1.165) is 17.8 Å². The highest BCUT2D eigenvalue weighted by molar-refractivity contribution is 5.11. The van der Waals surface area contributed by atoms with Crippen LogP contribution in [0.3, 0.4) is 0 Å². The van der Waals surface area contributed by atoms with Crippen molar-refractivity contribution in [2.45, 2.75) is 38.5 Å². The number of nitrogens with zero attached hydrogens (tertiary/aromatic N) is 1. The molecule has 1 saturated heterocycles. The van der Waals surface area contributed by atoms with Crippen molar-refractivity contribution in [1.29, 1.82) is 0 Å². The summed E-state index contributed by atoms with van der Waals surface area (Å²) < 4.78 is 0. The van der Waals surface area contributed by atoms with E-state index < -0.39 is 0 Å². The Bertz CT molecular complexity index is 319. The summed E-state index contributed by atoms with van der Waals surface area (Å²) in [5.41, 5.74) is 0.628. The maximum Gasteiger partial charge on any atom is 0.0164 e. The van der Waals surface area contributed by atoms with E-state index in [2.05, 4.69) is 22.4 Å². The number of nitrogens with one attached hydrogen (secondary N) is 1. The van der Waals surface area contributed by atoms with Gasteiger partial charge in [0.25, 0.3) is 0 Å². The molecule has 1 N–H and O–H groups in total. The lowest BCUT2D eigenvalue weighted by Crippen LogP contribution is -2.45. The maximum atomic E-state index is 3.43. The van der Waals surface area contributed by atoms with Crippen LogP contribution in [-0.2, 0) is 0 Å². The lowest BCUT2D eigenvalue weighted by Gasteiger charge is -2.56. The van der Waals surface area contributed by atoms with E-state index in [0.29, 0.717) is 5.41 Å². The van der Waals surface area contributed by atoms with Gasteiger partial charge in [-0.25, -0.2) is 0 Å². The molecule has 4 saturated carbocycles. The first-order chi connectivity index (χ1) is 9.31. The van der Waals surface area contributed by atoms with Crippen molar-refractivity contribution in [3.8, 4) is 0 Å². The molecule has 0 aromatic rings. The van der Waals surface area contributed by atoms with Gasteiger partial charge in [-0.15, -0.1) is 0 Å². The van der Waals surface area contributed by atoms with Crippen LogP contribution < -0.4 is 5.32 Å². The summed E-state index contributed by atoms with van der Waals surface area (Å²) in [6.07, 6.45) is 14.4. The highest BCUT2D eigenvalue weighted by Gasteiger charge is 2.49. The van der Waals surface area contributed by atoms with Gasteiger partial charge in [-0.2, -0.15) is 0 Å². The number of hydrogen-bond donors (Lipinski definition) is 1. The lowest BCUT2D eigenvalue weighted by molar-refractivity contribution is -0.0239. The standard InChI is InChI=1S/C17H28N2/c1(5-19-6-3-18-4-7-19)2-17-11-14-8-15(12-17)10-16(9-14)13-17/h1-2,14-16,18H,3-13H2/b2-1+. The molecule has 5 aliphatic rings. The van der Waals surface area contributed by atoms with Gasteiger partial charge in [0, 0.05) is 32.7 Å². The Balaban J connectivity index is 1.38. The quantitative estimate of drug-likeness (QED) is 0.785. The van der Waals surface area contributed by atoms with Crippen LogP contribution in [0.1, 0.15) is 38.5 Å². The summed E-state index contributed by atoms with van der Waals surface area (Å²) in [6.45, 7) is 5.98. The molecule has 2 heteroatoms. The van der Waals surface area contributed by atoms with Crippen LogP contribution in [-0.4, -0.2) is 37.6 Å². The van der Waals surface area contributed by atoms with Gasteiger partial charge >= 0.3 is 0 Å².